The summed E-state index contributed by atoms with van der Waals surface area (Å²) in [6.45, 7) is 1.93. The van der Waals surface area contributed by atoms with Crippen LogP contribution in [0.15, 0.2) is 60.8 Å². The normalized spacial score (nSPS) is 22.5. The van der Waals surface area contributed by atoms with E-state index < -0.39 is 40.0 Å². The van der Waals surface area contributed by atoms with E-state index in [1.807, 2.05) is 25.1 Å². The molecule has 1 aliphatic heterocycles. The van der Waals surface area contributed by atoms with Crippen LogP contribution in [-0.4, -0.2) is 48.5 Å². The molecule has 2 heterocycles. The summed E-state index contributed by atoms with van der Waals surface area (Å²) in [6.07, 6.45) is 5.44. The van der Waals surface area contributed by atoms with Crippen LogP contribution in [-0.2, 0) is 26.3 Å². The van der Waals surface area contributed by atoms with Gasteiger partial charge in [-0.2, -0.15) is 0 Å². The predicted octanol–water partition coefficient (Wildman–Crippen LogP) is 5.09. The molecule has 0 spiro atoms. The zero-order valence-corrected chi connectivity index (χ0v) is 25.5. The molecule has 5 rings (SSSR count). The SMILES string of the molecule is Cc1ccc2c(c1)[C@@H](C(=O)NOCc1ccccn1)[C@H](c1ccc(Cl)cc1Cl)N([C@H]1CCCC[C@@H]1NS(C)(=O)=O)C2=O. The number of rotatable bonds is 8. The number of benzene rings is 2. The minimum absolute atomic E-state index is 0.0396. The molecule has 3 aromatic rings. The molecule has 1 fully saturated rings. The van der Waals surface area contributed by atoms with E-state index in [-0.39, 0.29) is 17.5 Å². The van der Waals surface area contributed by atoms with Gasteiger partial charge in [0.15, 0.2) is 0 Å². The van der Waals surface area contributed by atoms with Crippen molar-refractivity contribution in [3.05, 3.63) is 98.8 Å². The number of hydrogen-bond acceptors (Lipinski definition) is 6. The molecule has 0 unspecified atom stereocenters. The summed E-state index contributed by atoms with van der Waals surface area (Å²) in [4.78, 5) is 39.9. The zero-order valence-electron chi connectivity index (χ0n) is 23.2. The first-order valence-corrected chi connectivity index (χ1v) is 16.4. The van der Waals surface area contributed by atoms with E-state index in [1.54, 1.807) is 47.5 Å². The smallest absolute Gasteiger partial charge is 0.255 e. The number of hydrogen-bond donors (Lipinski definition) is 2. The second-order valence-corrected chi connectivity index (χ2v) is 13.4. The Hall–Kier alpha value is -3.02. The van der Waals surface area contributed by atoms with Gasteiger partial charge in [0.2, 0.25) is 10.0 Å². The maximum Gasteiger partial charge on any atom is 0.255 e. The second-order valence-electron chi connectivity index (χ2n) is 10.8. The van der Waals surface area contributed by atoms with Crippen LogP contribution in [0.3, 0.4) is 0 Å². The van der Waals surface area contributed by atoms with Crippen molar-refractivity contribution in [3.8, 4) is 0 Å². The van der Waals surface area contributed by atoms with E-state index in [1.165, 1.54) is 0 Å². The van der Waals surface area contributed by atoms with E-state index >= 15 is 0 Å². The number of hydroxylamine groups is 1. The Labute approximate surface area is 255 Å². The highest BCUT2D eigenvalue weighted by Gasteiger charge is 2.49. The van der Waals surface area contributed by atoms with Gasteiger partial charge in [-0.1, -0.05) is 65.9 Å². The van der Waals surface area contributed by atoms with Gasteiger partial charge in [-0.3, -0.25) is 19.4 Å². The number of halogens is 2. The largest absolute Gasteiger partial charge is 0.326 e. The van der Waals surface area contributed by atoms with Crippen molar-refractivity contribution in [1.82, 2.24) is 20.1 Å². The molecule has 0 bridgehead atoms. The Morgan fingerprint density at radius 2 is 1.86 bits per heavy atom. The van der Waals surface area contributed by atoms with Gasteiger partial charge < -0.3 is 4.90 Å². The lowest BCUT2D eigenvalue weighted by molar-refractivity contribution is -0.138. The maximum absolute atomic E-state index is 14.4. The number of pyridine rings is 1. The highest BCUT2D eigenvalue weighted by atomic mass is 35.5. The van der Waals surface area contributed by atoms with E-state index in [9.17, 15) is 18.0 Å². The van der Waals surface area contributed by atoms with Crippen LogP contribution >= 0.6 is 23.2 Å². The van der Waals surface area contributed by atoms with Crippen LogP contribution in [0.25, 0.3) is 0 Å². The molecule has 1 saturated carbocycles. The molecule has 2 aliphatic rings. The van der Waals surface area contributed by atoms with Crippen LogP contribution in [0.1, 0.15) is 70.4 Å². The standard InChI is InChI=1S/C30H32Cl2N4O5S/c1-18-10-12-21-23(15-18)27(29(37)34-41-17-20-7-5-6-14-33-20)28(22-13-11-19(31)16-24(22)32)36(30(21)38)26-9-4-3-8-25(26)35-42(2,39)40/h5-7,10-16,25-28,35H,3-4,8-9,17H2,1-2H3,(H,34,37)/t25-,26-,27+,28-/m0/s1. The minimum Gasteiger partial charge on any atom is -0.326 e. The lowest BCUT2D eigenvalue weighted by Crippen LogP contribution is -2.59. The third kappa shape index (κ3) is 6.63. The molecule has 1 aromatic heterocycles. The molecule has 2 amide bonds. The molecule has 2 N–H and O–H groups in total. The van der Waals surface area contributed by atoms with Gasteiger partial charge >= 0.3 is 0 Å². The van der Waals surface area contributed by atoms with Crippen molar-refractivity contribution in [1.29, 1.82) is 0 Å². The Bertz CT molecular complexity index is 1590. The molecule has 42 heavy (non-hydrogen) atoms. The average Bonchev–Trinajstić information content (AvgIpc) is 2.93. The van der Waals surface area contributed by atoms with Crippen LogP contribution in [0, 0.1) is 6.92 Å². The maximum atomic E-state index is 14.4. The van der Waals surface area contributed by atoms with Crippen molar-refractivity contribution in [2.24, 2.45) is 0 Å². The average molecular weight is 632 g/mol. The highest BCUT2D eigenvalue weighted by Crippen LogP contribution is 2.48. The number of nitrogens with zero attached hydrogens (tertiary/aromatic N) is 2. The minimum atomic E-state index is -3.58. The fourth-order valence-corrected chi connectivity index (χ4v) is 7.37. The van der Waals surface area contributed by atoms with Gasteiger partial charge in [0.1, 0.15) is 6.61 Å². The molecular formula is C30H32Cl2N4O5S. The van der Waals surface area contributed by atoms with Crippen LogP contribution < -0.4 is 10.2 Å². The molecule has 0 radical (unpaired) electrons. The number of nitrogens with one attached hydrogen (secondary N) is 2. The molecule has 12 heteroatoms. The molecule has 2 aromatic carbocycles. The van der Waals surface area contributed by atoms with Crippen LogP contribution in [0.5, 0.6) is 0 Å². The van der Waals surface area contributed by atoms with E-state index in [0.29, 0.717) is 40.2 Å². The molecule has 1 aliphatic carbocycles. The third-order valence-corrected chi connectivity index (χ3v) is 9.05. The first-order chi connectivity index (χ1) is 20.0. The Balaban J connectivity index is 1.63. The van der Waals surface area contributed by atoms with Crippen molar-refractivity contribution < 1.29 is 22.8 Å². The fraction of sp³-hybridized carbons (Fsp3) is 0.367. The molecular weight excluding hydrogens is 599 g/mol. The van der Waals surface area contributed by atoms with Crippen LogP contribution in [0.4, 0.5) is 0 Å². The summed E-state index contributed by atoms with van der Waals surface area (Å²) >= 11 is 13.0. The lowest BCUT2D eigenvalue weighted by Gasteiger charge is -2.49. The quantitative estimate of drug-likeness (QED) is 0.335. The molecule has 9 nitrogen and oxygen atoms in total. The van der Waals surface area contributed by atoms with Crippen LogP contribution in [0.2, 0.25) is 10.0 Å². The van der Waals surface area contributed by atoms with Gasteiger partial charge in [-0.05, 0) is 61.2 Å². The number of amides is 2. The van der Waals surface area contributed by atoms with Crippen molar-refractivity contribution in [3.63, 3.8) is 0 Å². The van der Waals surface area contributed by atoms with Gasteiger partial charge in [-0.15, -0.1) is 0 Å². The number of aryl methyl sites for hydroxylation is 1. The Morgan fingerprint density at radius 1 is 1.07 bits per heavy atom. The summed E-state index contributed by atoms with van der Waals surface area (Å²) in [5, 5.41) is 0.694. The van der Waals surface area contributed by atoms with E-state index in [0.717, 1.165) is 24.7 Å². The van der Waals surface area contributed by atoms with Gasteiger partial charge in [0.25, 0.3) is 11.8 Å². The first kappa shape index (κ1) is 30.4. The monoisotopic (exact) mass is 630 g/mol. The van der Waals surface area contributed by atoms with E-state index in [4.69, 9.17) is 28.0 Å². The molecule has 222 valence electrons. The number of aromatic nitrogens is 1. The van der Waals surface area contributed by atoms with Crippen molar-refractivity contribution in [2.75, 3.05) is 6.26 Å². The number of fused-ring (bicyclic) bond motifs is 1. The number of sulfonamides is 1. The second kappa shape index (κ2) is 12.7. The molecule has 0 saturated heterocycles. The van der Waals surface area contributed by atoms with Crippen molar-refractivity contribution >= 4 is 45.0 Å². The topological polar surface area (TPSA) is 118 Å². The van der Waals surface area contributed by atoms with Gasteiger partial charge in [0.05, 0.1) is 23.9 Å². The number of carbonyl (C=O) groups excluding carboxylic acids is 2. The molecule has 4 atom stereocenters. The summed E-state index contributed by atoms with van der Waals surface area (Å²) in [5.41, 5.74) is 5.51. The third-order valence-electron chi connectivity index (χ3n) is 7.76. The summed E-state index contributed by atoms with van der Waals surface area (Å²) in [7, 11) is -3.58. The zero-order chi connectivity index (χ0) is 30.0. The lowest BCUT2D eigenvalue weighted by atomic mass is 9.76. The van der Waals surface area contributed by atoms with Gasteiger partial charge in [-0.25, -0.2) is 18.6 Å². The van der Waals surface area contributed by atoms with Gasteiger partial charge in [0, 0.05) is 33.9 Å². The Kier molecular flexibility index (Phi) is 9.20. The fourth-order valence-electron chi connectivity index (χ4n) is 6.03. The first-order valence-electron chi connectivity index (χ1n) is 13.7. The summed E-state index contributed by atoms with van der Waals surface area (Å²) in [6, 6.07) is 13.8. The number of carbonyl (C=O) groups is 2. The predicted molar refractivity (Wildman–Crippen MR) is 160 cm³/mol. The summed E-state index contributed by atoms with van der Waals surface area (Å²) < 4.78 is 27.5. The Morgan fingerprint density at radius 3 is 2.57 bits per heavy atom. The van der Waals surface area contributed by atoms with Crippen molar-refractivity contribution in [2.45, 2.75) is 63.3 Å². The summed E-state index contributed by atoms with van der Waals surface area (Å²) in [5.74, 6) is -1.71. The van der Waals surface area contributed by atoms with E-state index in [2.05, 4.69) is 15.2 Å². The highest BCUT2D eigenvalue weighted by molar-refractivity contribution is 7.88.